The molecule has 1 aliphatic rings. The number of carbonyl (C=O) groups is 1. The summed E-state index contributed by atoms with van der Waals surface area (Å²) in [5, 5.41) is 3.00. The van der Waals surface area contributed by atoms with E-state index in [4.69, 9.17) is 4.74 Å². The molecule has 0 aromatic heterocycles. The molecular weight excluding hydrogens is 214 g/mol. The minimum Gasteiger partial charge on any atom is -0.378 e. The van der Waals surface area contributed by atoms with E-state index in [1.54, 1.807) is 0 Å². The van der Waals surface area contributed by atoms with Crippen molar-refractivity contribution < 1.29 is 9.53 Å². The monoisotopic (exact) mass is 233 g/mol. The lowest BCUT2D eigenvalue weighted by Crippen LogP contribution is -2.29. The van der Waals surface area contributed by atoms with Crippen molar-refractivity contribution >= 4 is 5.91 Å². The van der Waals surface area contributed by atoms with Crippen LogP contribution in [0.4, 0.5) is 0 Å². The molecule has 2 rings (SSSR count). The van der Waals surface area contributed by atoms with E-state index in [-0.39, 0.29) is 18.1 Å². The van der Waals surface area contributed by atoms with Crippen LogP contribution >= 0.6 is 0 Å². The summed E-state index contributed by atoms with van der Waals surface area (Å²) < 4.78 is 5.45. The predicted octanol–water partition coefficient (Wildman–Crippen LogP) is 2.43. The first kappa shape index (κ1) is 12.1. The van der Waals surface area contributed by atoms with Crippen molar-refractivity contribution in [3.63, 3.8) is 0 Å². The number of amides is 1. The fourth-order valence-corrected chi connectivity index (χ4v) is 2.14. The molecule has 1 aromatic carbocycles. The minimum absolute atomic E-state index is 0.0603. The summed E-state index contributed by atoms with van der Waals surface area (Å²) in [5.74, 6) is 0.0771. The van der Waals surface area contributed by atoms with Gasteiger partial charge in [-0.3, -0.25) is 4.79 Å². The molecule has 2 unspecified atom stereocenters. The van der Waals surface area contributed by atoms with Crippen LogP contribution in [0.5, 0.6) is 0 Å². The summed E-state index contributed by atoms with van der Waals surface area (Å²) in [7, 11) is 0. The molecule has 17 heavy (non-hydrogen) atoms. The number of carbonyl (C=O) groups excluding carboxylic acids is 1. The first-order chi connectivity index (χ1) is 8.25. The van der Waals surface area contributed by atoms with Crippen LogP contribution in [0.3, 0.4) is 0 Å². The molecule has 0 bridgehead atoms. The molecule has 0 saturated carbocycles. The average molecular weight is 233 g/mol. The average Bonchev–Trinajstić information content (AvgIpc) is 2.82. The molecule has 0 aliphatic carbocycles. The maximum Gasteiger partial charge on any atom is 0.223 e. The van der Waals surface area contributed by atoms with Crippen LogP contribution in [-0.4, -0.2) is 18.6 Å². The molecule has 0 radical (unpaired) electrons. The van der Waals surface area contributed by atoms with Crippen molar-refractivity contribution in [2.75, 3.05) is 6.61 Å². The zero-order chi connectivity index (χ0) is 12.1. The van der Waals surface area contributed by atoms with Crippen LogP contribution in [0.25, 0.3) is 0 Å². The van der Waals surface area contributed by atoms with Gasteiger partial charge in [0.1, 0.15) is 0 Å². The van der Waals surface area contributed by atoms with Crippen LogP contribution in [0.1, 0.15) is 37.8 Å². The second kappa shape index (κ2) is 5.82. The Kier molecular flexibility index (Phi) is 4.15. The van der Waals surface area contributed by atoms with E-state index in [2.05, 4.69) is 5.32 Å². The molecule has 3 nitrogen and oxygen atoms in total. The van der Waals surface area contributed by atoms with Crippen molar-refractivity contribution in [3.8, 4) is 0 Å². The molecule has 1 amide bonds. The lowest BCUT2D eigenvalue weighted by molar-refractivity contribution is -0.123. The number of hydrogen-bond acceptors (Lipinski definition) is 2. The van der Waals surface area contributed by atoms with Crippen molar-refractivity contribution in [2.45, 2.75) is 38.3 Å². The van der Waals surface area contributed by atoms with Gasteiger partial charge in [0.05, 0.1) is 18.6 Å². The Morgan fingerprint density at radius 3 is 2.88 bits per heavy atom. The van der Waals surface area contributed by atoms with Gasteiger partial charge in [0, 0.05) is 6.61 Å². The highest BCUT2D eigenvalue weighted by atomic mass is 16.5. The highest BCUT2D eigenvalue weighted by Crippen LogP contribution is 2.16. The summed E-state index contributed by atoms with van der Waals surface area (Å²) in [6.07, 6.45) is 2.69. The Morgan fingerprint density at radius 2 is 2.24 bits per heavy atom. The largest absolute Gasteiger partial charge is 0.378 e. The molecule has 1 aromatic rings. The molecule has 1 N–H and O–H groups in total. The van der Waals surface area contributed by atoms with E-state index < -0.39 is 0 Å². The molecule has 1 heterocycles. The SMILES string of the molecule is CC(NC(=O)CC1CCCO1)c1ccccc1. The third kappa shape index (κ3) is 3.56. The maximum absolute atomic E-state index is 11.8. The first-order valence-corrected chi connectivity index (χ1v) is 6.21. The predicted molar refractivity (Wildman–Crippen MR) is 66.6 cm³/mol. The number of nitrogens with one attached hydrogen (secondary N) is 1. The second-order valence-electron chi connectivity index (χ2n) is 4.54. The summed E-state index contributed by atoms with van der Waals surface area (Å²) in [6, 6.07) is 10.1. The second-order valence-corrected chi connectivity index (χ2v) is 4.54. The van der Waals surface area contributed by atoms with E-state index in [0.29, 0.717) is 6.42 Å². The van der Waals surface area contributed by atoms with Gasteiger partial charge in [-0.05, 0) is 25.3 Å². The number of benzene rings is 1. The zero-order valence-corrected chi connectivity index (χ0v) is 10.2. The minimum atomic E-state index is 0.0603. The number of rotatable bonds is 4. The molecule has 0 spiro atoms. The van der Waals surface area contributed by atoms with E-state index >= 15 is 0 Å². The van der Waals surface area contributed by atoms with Crippen LogP contribution in [0.2, 0.25) is 0 Å². The van der Waals surface area contributed by atoms with Crippen molar-refractivity contribution in [2.24, 2.45) is 0 Å². The van der Waals surface area contributed by atoms with Gasteiger partial charge in [-0.15, -0.1) is 0 Å². The fraction of sp³-hybridized carbons (Fsp3) is 0.500. The van der Waals surface area contributed by atoms with Gasteiger partial charge in [-0.1, -0.05) is 30.3 Å². The summed E-state index contributed by atoms with van der Waals surface area (Å²) in [4.78, 5) is 11.8. The van der Waals surface area contributed by atoms with E-state index in [0.717, 1.165) is 25.0 Å². The zero-order valence-electron chi connectivity index (χ0n) is 10.2. The van der Waals surface area contributed by atoms with Gasteiger partial charge in [0.15, 0.2) is 0 Å². The summed E-state index contributed by atoms with van der Waals surface area (Å²) in [6.45, 7) is 2.80. The number of hydrogen-bond donors (Lipinski definition) is 1. The van der Waals surface area contributed by atoms with Crippen LogP contribution in [0, 0.1) is 0 Å². The molecule has 1 aliphatic heterocycles. The Morgan fingerprint density at radius 1 is 1.47 bits per heavy atom. The Labute approximate surface area is 102 Å². The Balaban J connectivity index is 1.81. The maximum atomic E-state index is 11.8. The summed E-state index contributed by atoms with van der Waals surface area (Å²) in [5.41, 5.74) is 1.13. The number of ether oxygens (including phenoxy) is 1. The Hall–Kier alpha value is -1.35. The smallest absolute Gasteiger partial charge is 0.223 e. The topological polar surface area (TPSA) is 38.3 Å². The molecule has 1 fully saturated rings. The van der Waals surface area contributed by atoms with Crippen molar-refractivity contribution in [3.05, 3.63) is 35.9 Å². The van der Waals surface area contributed by atoms with E-state index in [9.17, 15) is 4.79 Å². The fourth-order valence-electron chi connectivity index (χ4n) is 2.14. The molecule has 2 atom stereocenters. The normalized spacial score (nSPS) is 21.1. The molecule has 3 heteroatoms. The van der Waals surface area contributed by atoms with Crippen molar-refractivity contribution in [1.29, 1.82) is 0 Å². The van der Waals surface area contributed by atoms with Gasteiger partial charge in [-0.2, -0.15) is 0 Å². The third-order valence-electron chi connectivity index (χ3n) is 3.11. The van der Waals surface area contributed by atoms with Crippen LogP contribution in [-0.2, 0) is 9.53 Å². The van der Waals surface area contributed by atoms with E-state index in [1.165, 1.54) is 0 Å². The molecule has 92 valence electrons. The van der Waals surface area contributed by atoms with Crippen molar-refractivity contribution in [1.82, 2.24) is 5.32 Å². The quantitative estimate of drug-likeness (QED) is 0.867. The van der Waals surface area contributed by atoms with Crippen LogP contribution in [0.15, 0.2) is 30.3 Å². The third-order valence-corrected chi connectivity index (χ3v) is 3.11. The van der Waals surface area contributed by atoms with Gasteiger partial charge in [0.2, 0.25) is 5.91 Å². The molecular formula is C14H19NO2. The van der Waals surface area contributed by atoms with E-state index in [1.807, 2.05) is 37.3 Å². The first-order valence-electron chi connectivity index (χ1n) is 6.21. The highest BCUT2D eigenvalue weighted by Gasteiger charge is 2.20. The Bertz CT molecular complexity index is 358. The van der Waals surface area contributed by atoms with Gasteiger partial charge < -0.3 is 10.1 Å². The standard InChI is InChI=1S/C14H19NO2/c1-11(12-6-3-2-4-7-12)15-14(16)10-13-8-5-9-17-13/h2-4,6-7,11,13H,5,8-10H2,1H3,(H,15,16). The van der Waals surface area contributed by atoms with Gasteiger partial charge in [-0.25, -0.2) is 0 Å². The molecule has 1 saturated heterocycles. The van der Waals surface area contributed by atoms with Gasteiger partial charge >= 0.3 is 0 Å². The van der Waals surface area contributed by atoms with Crippen LogP contribution < -0.4 is 5.32 Å². The summed E-state index contributed by atoms with van der Waals surface area (Å²) >= 11 is 0. The van der Waals surface area contributed by atoms with Gasteiger partial charge in [0.25, 0.3) is 0 Å². The highest BCUT2D eigenvalue weighted by molar-refractivity contribution is 5.76. The lowest BCUT2D eigenvalue weighted by Gasteiger charge is -2.16. The lowest BCUT2D eigenvalue weighted by atomic mass is 10.1.